The first kappa shape index (κ1) is 20.1. The average molecular weight is 410 g/mol. The number of benzene rings is 3. The normalized spacial score (nSPS) is 11.2. The average Bonchev–Trinajstić information content (AvgIpc) is 2.75. The fourth-order valence-corrected chi connectivity index (χ4v) is 3.37. The molecule has 0 aromatic heterocycles. The lowest BCUT2D eigenvalue weighted by Gasteiger charge is -2.11. The summed E-state index contributed by atoms with van der Waals surface area (Å²) in [6, 6.07) is 21.1. The first-order valence-corrected chi connectivity index (χ1v) is 9.96. The minimum Gasteiger partial charge on any atom is -0.493 e. The van der Waals surface area contributed by atoms with Crippen LogP contribution in [-0.2, 0) is 10.1 Å². The van der Waals surface area contributed by atoms with Crippen molar-refractivity contribution in [2.45, 2.75) is 4.90 Å². The SMILES string of the molecule is COc1cc(/C=N/NC(=O)c2ccccc2)ccc1OS(=O)(=O)c1ccccc1. The molecular weight excluding hydrogens is 392 g/mol. The molecule has 0 fully saturated rings. The predicted octanol–water partition coefficient (Wildman–Crippen LogP) is 3.23. The Kier molecular flexibility index (Phi) is 6.25. The molecule has 0 aliphatic heterocycles. The molecule has 0 saturated heterocycles. The van der Waals surface area contributed by atoms with Gasteiger partial charge in [0.25, 0.3) is 5.91 Å². The van der Waals surface area contributed by atoms with Crippen LogP contribution in [0.4, 0.5) is 0 Å². The summed E-state index contributed by atoms with van der Waals surface area (Å²) >= 11 is 0. The number of methoxy groups -OCH3 is 1. The molecule has 7 nitrogen and oxygen atoms in total. The molecule has 0 spiro atoms. The summed E-state index contributed by atoms with van der Waals surface area (Å²) in [6.07, 6.45) is 1.42. The minimum absolute atomic E-state index is 0.0383. The van der Waals surface area contributed by atoms with Crippen LogP contribution < -0.4 is 14.3 Å². The maximum Gasteiger partial charge on any atom is 0.339 e. The van der Waals surface area contributed by atoms with Gasteiger partial charge in [-0.15, -0.1) is 0 Å². The van der Waals surface area contributed by atoms with E-state index in [1.165, 1.54) is 31.5 Å². The molecule has 1 amide bonds. The highest BCUT2D eigenvalue weighted by atomic mass is 32.2. The minimum atomic E-state index is -3.99. The zero-order valence-electron chi connectivity index (χ0n) is 15.5. The molecule has 29 heavy (non-hydrogen) atoms. The van der Waals surface area contributed by atoms with Crippen molar-refractivity contribution in [1.82, 2.24) is 5.43 Å². The largest absolute Gasteiger partial charge is 0.493 e. The molecule has 8 heteroatoms. The number of hydrogen-bond acceptors (Lipinski definition) is 6. The number of nitrogens with zero attached hydrogens (tertiary/aromatic N) is 1. The lowest BCUT2D eigenvalue weighted by atomic mass is 10.2. The van der Waals surface area contributed by atoms with E-state index in [0.29, 0.717) is 11.1 Å². The van der Waals surface area contributed by atoms with E-state index in [4.69, 9.17) is 8.92 Å². The van der Waals surface area contributed by atoms with Crippen molar-refractivity contribution in [2.24, 2.45) is 5.10 Å². The standard InChI is InChI=1S/C21H18N2O5S/c1-27-20-14-16(15-22-23-21(24)17-8-4-2-5-9-17)12-13-19(20)28-29(25,26)18-10-6-3-7-11-18/h2-15H,1H3,(H,23,24)/b22-15+. The third kappa shape index (κ3) is 5.20. The predicted molar refractivity (Wildman–Crippen MR) is 109 cm³/mol. The van der Waals surface area contributed by atoms with Gasteiger partial charge in [0.1, 0.15) is 4.90 Å². The Morgan fingerprint density at radius 2 is 1.59 bits per heavy atom. The van der Waals surface area contributed by atoms with Crippen molar-refractivity contribution in [3.63, 3.8) is 0 Å². The molecule has 0 unspecified atom stereocenters. The maximum atomic E-state index is 12.4. The quantitative estimate of drug-likeness (QED) is 0.367. The first-order valence-electron chi connectivity index (χ1n) is 8.55. The lowest BCUT2D eigenvalue weighted by molar-refractivity contribution is 0.0955. The van der Waals surface area contributed by atoms with Gasteiger partial charge in [0.15, 0.2) is 11.5 Å². The van der Waals surface area contributed by atoms with Crippen LogP contribution in [0, 0.1) is 0 Å². The Labute approximate surface area is 168 Å². The molecule has 1 N–H and O–H groups in total. The van der Waals surface area contributed by atoms with Crippen LogP contribution in [0.5, 0.6) is 11.5 Å². The zero-order valence-corrected chi connectivity index (χ0v) is 16.3. The summed E-state index contributed by atoms with van der Waals surface area (Å²) in [6.45, 7) is 0. The van der Waals surface area contributed by atoms with Crippen LogP contribution in [0.2, 0.25) is 0 Å². The van der Waals surface area contributed by atoms with Crippen molar-refractivity contribution in [3.05, 3.63) is 90.0 Å². The highest BCUT2D eigenvalue weighted by Crippen LogP contribution is 2.30. The van der Waals surface area contributed by atoms with Gasteiger partial charge in [-0.2, -0.15) is 13.5 Å². The maximum absolute atomic E-state index is 12.4. The molecule has 148 valence electrons. The third-order valence-electron chi connectivity index (χ3n) is 3.83. The second-order valence-corrected chi connectivity index (χ2v) is 7.37. The summed E-state index contributed by atoms with van der Waals surface area (Å²) in [5, 5.41) is 3.91. The number of carbonyl (C=O) groups excluding carboxylic acids is 1. The Bertz CT molecular complexity index is 1110. The molecule has 0 heterocycles. The fraction of sp³-hybridized carbons (Fsp3) is 0.0476. The van der Waals surface area contributed by atoms with Crippen LogP contribution in [0.1, 0.15) is 15.9 Å². The van der Waals surface area contributed by atoms with Gasteiger partial charge >= 0.3 is 10.1 Å². The summed E-state index contributed by atoms with van der Waals surface area (Å²) < 4.78 is 35.2. The number of rotatable bonds is 7. The van der Waals surface area contributed by atoms with E-state index in [1.807, 2.05) is 6.07 Å². The molecule has 0 bridgehead atoms. The van der Waals surface area contributed by atoms with Crippen molar-refractivity contribution in [3.8, 4) is 11.5 Å². The summed E-state index contributed by atoms with van der Waals surface area (Å²) in [5.41, 5.74) is 3.49. The Morgan fingerprint density at radius 3 is 2.24 bits per heavy atom. The molecule has 0 atom stereocenters. The molecule has 0 aliphatic rings. The van der Waals surface area contributed by atoms with Crippen molar-refractivity contribution in [1.29, 1.82) is 0 Å². The highest BCUT2D eigenvalue weighted by Gasteiger charge is 2.18. The van der Waals surface area contributed by atoms with E-state index in [2.05, 4.69) is 10.5 Å². The van der Waals surface area contributed by atoms with Crippen LogP contribution >= 0.6 is 0 Å². The number of carbonyl (C=O) groups is 1. The van der Waals surface area contributed by atoms with E-state index in [-0.39, 0.29) is 22.3 Å². The summed E-state index contributed by atoms with van der Waals surface area (Å²) in [7, 11) is -2.59. The van der Waals surface area contributed by atoms with Gasteiger partial charge in [-0.3, -0.25) is 4.79 Å². The second-order valence-electron chi connectivity index (χ2n) is 5.83. The summed E-state index contributed by atoms with van der Waals surface area (Å²) in [5.74, 6) is -0.0904. The van der Waals surface area contributed by atoms with Crippen molar-refractivity contribution in [2.75, 3.05) is 7.11 Å². The Balaban J connectivity index is 1.73. The van der Waals surface area contributed by atoms with Gasteiger partial charge in [0, 0.05) is 5.56 Å². The van der Waals surface area contributed by atoms with Gasteiger partial charge in [0.05, 0.1) is 13.3 Å². The van der Waals surface area contributed by atoms with Gasteiger partial charge in [-0.1, -0.05) is 36.4 Å². The highest BCUT2D eigenvalue weighted by molar-refractivity contribution is 7.87. The van der Waals surface area contributed by atoms with Gasteiger partial charge < -0.3 is 8.92 Å². The molecule has 0 radical (unpaired) electrons. The Morgan fingerprint density at radius 1 is 0.931 bits per heavy atom. The van der Waals surface area contributed by atoms with Crippen molar-refractivity contribution >= 4 is 22.2 Å². The van der Waals surface area contributed by atoms with E-state index in [0.717, 1.165) is 0 Å². The van der Waals surface area contributed by atoms with Gasteiger partial charge in [-0.05, 0) is 48.0 Å². The van der Waals surface area contributed by atoms with Gasteiger partial charge in [-0.25, -0.2) is 5.43 Å². The van der Waals surface area contributed by atoms with Crippen LogP contribution in [-0.4, -0.2) is 27.6 Å². The second kappa shape index (κ2) is 9.03. The van der Waals surface area contributed by atoms with E-state index in [1.54, 1.807) is 54.6 Å². The topological polar surface area (TPSA) is 94.1 Å². The molecule has 3 aromatic carbocycles. The van der Waals surface area contributed by atoms with Crippen LogP contribution in [0.3, 0.4) is 0 Å². The number of hydrazone groups is 1. The van der Waals surface area contributed by atoms with Crippen LogP contribution in [0.15, 0.2) is 88.9 Å². The monoisotopic (exact) mass is 410 g/mol. The van der Waals surface area contributed by atoms with Crippen molar-refractivity contribution < 1.29 is 22.1 Å². The molecule has 0 aliphatic carbocycles. The first-order chi connectivity index (χ1) is 14.0. The number of ether oxygens (including phenoxy) is 1. The number of hydrogen-bond donors (Lipinski definition) is 1. The molecular formula is C21H18N2O5S. The zero-order chi connectivity index (χ0) is 20.7. The molecule has 3 aromatic rings. The van der Waals surface area contributed by atoms with E-state index < -0.39 is 10.1 Å². The van der Waals surface area contributed by atoms with E-state index in [9.17, 15) is 13.2 Å². The lowest BCUT2D eigenvalue weighted by Crippen LogP contribution is -2.17. The molecule has 3 rings (SSSR count). The number of nitrogens with one attached hydrogen (secondary N) is 1. The van der Waals surface area contributed by atoms with Crippen LogP contribution in [0.25, 0.3) is 0 Å². The fourth-order valence-electron chi connectivity index (χ4n) is 2.41. The third-order valence-corrected chi connectivity index (χ3v) is 5.08. The van der Waals surface area contributed by atoms with E-state index >= 15 is 0 Å². The smallest absolute Gasteiger partial charge is 0.339 e. The molecule has 0 saturated carbocycles. The summed E-state index contributed by atoms with van der Waals surface area (Å²) in [4.78, 5) is 12.0. The van der Waals surface area contributed by atoms with Gasteiger partial charge in [0.2, 0.25) is 0 Å². The number of amides is 1. The Hall–Kier alpha value is -3.65.